The first kappa shape index (κ1) is 13.7. The number of rotatable bonds is 5. The molecule has 1 aliphatic rings. The summed E-state index contributed by atoms with van der Waals surface area (Å²) in [6.45, 7) is 3.76. The molecule has 0 bridgehead atoms. The molecule has 2 aromatic heterocycles. The first-order valence-electron chi connectivity index (χ1n) is 7.14. The third-order valence-corrected chi connectivity index (χ3v) is 4.72. The molecule has 1 aliphatic heterocycles. The van der Waals surface area contributed by atoms with Gasteiger partial charge in [-0.05, 0) is 56.3 Å². The molecule has 0 amide bonds. The van der Waals surface area contributed by atoms with Crippen LogP contribution in [0.4, 0.5) is 0 Å². The van der Waals surface area contributed by atoms with Crippen molar-refractivity contribution in [1.29, 1.82) is 0 Å². The molecule has 0 radical (unpaired) electrons. The molecule has 3 rings (SSSR count). The Balaban J connectivity index is 1.54. The number of hydrogen-bond donors (Lipinski definition) is 1. The van der Waals surface area contributed by atoms with E-state index in [0.29, 0.717) is 11.7 Å². The molecule has 5 nitrogen and oxygen atoms in total. The fraction of sp³-hybridized carbons (Fsp3) is 0.571. The lowest BCUT2D eigenvalue weighted by molar-refractivity contribution is 0.156. The molecular weight excluding hydrogens is 272 g/mol. The monoisotopic (exact) mass is 292 g/mol. The first-order chi connectivity index (χ1) is 9.85. The first-order valence-corrected chi connectivity index (χ1v) is 8.02. The Bertz CT molecular complexity index is 517. The van der Waals surface area contributed by atoms with E-state index in [4.69, 9.17) is 10.3 Å². The Morgan fingerprint density at radius 2 is 2.25 bits per heavy atom. The number of piperidine rings is 1. The maximum Gasteiger partial charge on any atom is 0.241 e. The molecular formula is C14H20N4OS. The molecule has 2 aromatic rings. The van der Waals surface area contributed by atoms with Gasteiger partial charge >= 0.3 is 0 Å². The van der Waals surface area contributed by atoms with E-state index in [0.717, 1.165) is 43.4 Å². The predicted molar refractivity (Wildman–Crippen MR) is 79.3 cm³/mol. The van der Waals surface area contributed by atoms with Crippen LogP contribution in [0.5, 0.6) is 0 Å². The van der Waals surface area contributed by atoms with Crippen molar-refractivity contribution in [2.24, 2.45) is 11.7 Å². The highest BCUT2D eigenvalue weighted by molar-refractivity contribution is 7.13. The van der Waals surface area contributed by atoms with E-state index in [1.165, 1.54) is 12.8 Å². The fourth-order valence-electron chi connectivity index (χ4n) is 2.69. The zero-order valence-electron chi connectivity index (χ0n) is 11.5. The highest BCUT2D eigenvalue weighted by Crippen LogP contribution is 2.23. The van der Waals surface area contributed by atoms with Gasteiger partial charge in [0.25, 0.3) is 0 Å². The average Bonchev–Trinajstić information content (AvgIpc) is 3.12. The van der Waals surface area contributed by atoms with Crippen LogP contribution in [-0.4, -0.2) is 34.7 Å². The fourth-order valence-corrected chi connectivity index (χ4v) is 3.33. The van der Waals surface area contributed by atoms with Crippen molar-refractivity contribution in [2.45, 2.75) is 25.8 Å². The molecule has 0 aromatic carbocycles. The topological polar surface area (TPSA) is 68.2 Å². The Kier molecular flexibility index (Phi) is 4.44. The van der Waals surface area contributed by atoms with Crippen LogP contribution in [0.15, 0.2) is 22.0 Å². The van der Waals surface area contributed by atoms with Gasteiger partial charge in [-0.1, -0.05) is 11.2 Å². The molecule has 1 saturated heterocycles. The number of likely N-dealkylation sites (tertiary alicyclic amines) is 1. The van der Waals surface area contributed by atoms with Crippen LogP contribution in [0, 0.1) is 5.92 Å². The number of nitrogens with two attached hydrogens (primary N) is 1. The van der Waals surface area contributed by atoms with Gasteiger partial charge in [0.2, 0.25) is 11.7 Å². The van der Waals surface area contributed by atoms with Gasteiger partial charge in [0, 0.05) is 0 Å². The van der Waals surface area contributed by atoms with Crippen molar-refractivity contribution in [2.75, 3.05) is 19.6 Å². The van der Waals surface area contributed by atoms with Crippen molar-refractivity contribution in [3.05, 3.63) is 23.4 Å². The zero-order chi connectivity index (χ0) is 13.8. The number of nitrogens with zero attached hydrogens (tertiary/aromatic N) is 3. The van der Waals surface area contributed by atoms with Crippen LogP contribution < -0.4 is 5.73 Å². The Morgan fingerprint density at radius 1 is 1.40 bits per heavy atom. The SMILES string of the molecule is NCCC1CCN(Cc2nc(-c3cccs3)no2)CC1. The number of thiophene rings is 1. The maximum atomic E-state index is 5.62. The van der Waals surface area contributed by atoms with E-state index in [1.807, 2.05) is 17.5 Å². The summed E-state index contributed by atoms with van der Waals surface area (Å²) in [5.74, 6) is 2.21. The maximum absolute atomic E-state index is 5.62. The van der Waals surface area contributed by atoms with Crippen LogP contribution in [0.1, 0.15) is 25.2 Å². The summed E-state index contributed by atoms with van der Waals surface area (Å²) in [7, 11) is 0. The Hall–Kier alpha value is -1.24. The van der Waals surface area contributed by atoms with Gasteiger partial charge in [-0.2, -0.15) is 4.98 Å². The summed E-state index contributed by atoms with van der Waals surface area (Å²) < 4.78 is 5.35. The smallest absolute Gasteiger partial charge is 0.241 e. The van der Waals surface area contributed by atoms with Crippen molar-refractivity contribution < 1.29 is 4.52 Å². The molecule has 0 unspecified atom stereocenters. The standard InChI is InChI=1S/C14H20N4OS/c15-6-3-11-4-7-18(8-5-11)10-13-16-14(17-19-13)12-2-1-9-20-12/h1-2,9,11H,3-8,10,15H2. The minimum Gasteiger partial charge on any atom is -0.338 e. The normalized spacial score (nSPS) is 17.6. The lowest BCUT2D eigenvalue weighted by Gasteiger charge is -2.30. The number of hydrogen-bond acceptors (Lipinski definition) is 6. The summed E-state index contributed by atoms with van der Waals surface area (Å²) in [6.07, 6.45) is 3.60. The van der Waals surface area contributed by atoms with E-state index in [1.54, 1.807) is 11.3 Å². The molecule has 0 aliphatic carbocycles. The summed E-state index contributed by atoms with van der Waals surface area (Å²) in [4.78, 5) is 7.92. The van der Waals surface area contributed by atoms with Crippen LogP contribution in [0.3, 0.4) is 0 Å². The molecule has 0 atom stereocenters. The van der Waals surface area contributed by atoms with Crippen molar-refractivity contribution in [3.63, 3.8) is 0 Å². The predicted octanol–water partition coefficient (Wildman–Crippen LogP) is 2.36. The number of aromatic nitrogens is 2. The van der Waals surface area contributed by atoms with Gasteiger partial charge in [-0.25, -0.2) is 0 Å². The second-order valence-electron chi connectivity index (χ2n) is 5.29. The van der Waals surface area contributed by atoms with E-state index < -0.39 is 0 Å². The van der Waals surface area contributed by atoms with Crippen LogP contribution >= 0.6 is 11.3 Å². The largest absolute Gasteiger partial charge is 0.338 e. The summed E-state index contributed by atoms with van der Waals surface area (Å²) >= 11 is 1.63. The molecule has 2 N–H and O–H groups in total. The lowest BCUT2D eigenvalue weighted by atomic mass is 9.94. The van der Waals surface area contributed by atoms with Gasteiger partial charge in [-0.15, -0.1) is 11.3 Å². The van der Waals surface area contributed by atoms with E-state index in [-0.39, 0.29) is 0 Å². The highest BCUT2D eigenvalue weighted by Gasteiger charge is 2.20. The van der Waals surface area contributed by atoms with E-state index >= 15 is 0 Å². The van der Waals surface area contributed by atoms with Gasteiger partial charge in [0.05, 0.1) is 11.4 Å². The second-order valence-corrected chi connectivity index (χ2v) is 6.23. The molecule has 3 heterocycles. The lowest BCUT2D eigenvalue weighted by Crippen LogP contribution is -2.33. The summed E-state index contributed by atoms with van der Waals surface area (Å²) in [5, 5.41) is 6.07. The molecule has 0 saturated carbocycles. The Labute approximate surface area is 122 Å². The van der Waals surface area contributed by atoms with Gasteiger partial charge in [0.1, 0.15) is 0 Å². The second kappa shape index (κ2) is 6.47. The minimum absolute atomic E-state index is 0.702. The molecule has 20 heavy (non-hydrogen) atoms. The molecule has 0 spiro atoms. The average molecular weight is 292 g/mol. The van der Waals surface area contributed by atoms with Crippen molar-refractivity contribution in [1.82, 2.24) is 15.0 Å². The molecule has 1 fully saturated rings. The van der Waals surface area contributed by atoms with Gasteiger partial charge < -0.3 is 10.3 Å². The van der Waals surface area contributed by atoms with Gasteiger partial charge in [-0.3, -0.25) is 4.90 Å². The summed E-state index contributed by atoms with van der Waals surface area (Å²) in [5.41, 5.74) is 5.62. The van der Waals surface area contributed by atoms with Gasteiger partial charge in [0.15, 0.2) is 0 Å². The third-order valence-electron chi connectivity index (χ3n) is 3.85. The Morgan fingerprint density at radius 3 is 2.95 bits per heavy atom. The van der Waals surface area contributed by atoms with E-state index in [9.17, 15) is 0 Å². The zero-order valence-corrected chi connectivity index (χ0v) is 12.3. The minimum atomic E-state index is 0.702. The van der Waals surface area contributed by atoms with E-state index in [2.05, 4.69) is 15.0 Å². The summed E-state index contributed by atoms with van der Waals surface area (Å²) in [6, 6.07) is 4.01. The third kappa shape index (κ3) is 3.26. The molecule has 6 heteroatoms. The quantitative estimate of drug-likeness (QED) is 0.916. The van der Waals surface area contributed by atoms with Crippen molar-refractivity contribution in [3.8, 4) is 10.7 Å². The van der Waals surface area contributed by atoms with Crippen LogP contribution in [0.2, 0.25) is 0 Å². The van der Waals surface area contributed by atoms with Crippen molar-refractivity contribution >= 4 is 11.3 Å². The molecule has 108 valence electrons. The van der Waals surface area contributed by atoms with Crippen LogP contribution in [0.25, 0.3) is 10.7 Å². The van der Waals surface area contributed by atoms with Crippen LogP contribution in [-0.2, 0) is 6.54 Å². The highest BCUT2D eigenvalue weighted by atomic mass is 32.1.